The van der Waals surface area contributed by atoms with Gasteiger partial charge in [-0.3, -0.25) is 0 Å². The second kappa shape index (κ2) is 8.30. The van der Waals surface area contributed by atoms with Crippen molar-refractivity contribution in [2.45, 2.75) is 45.6 Å². The molecule has 24 heavy (non-hydrogen) atoms. The number of carbonyl (C=O) groups excluding carboxylic acids is 1. The van der Waals surface area contributed by atoms with Gasteiger partial charge in [0.15, 0.2) is 0 Å². The van der Waals surface area contributed by atoms with Crippen LogP contribution in [-0.2, 0) is 11.3 Å². The predicted octanol–water partition coefficient (Wildman–Crippen LogP) is 1.62. The van der Waals surface area contributed by atoms with E-state index in [1.165, 1.54) is 6.07 Å². The molecule has 3 N–H and O–H groups in total. The van der Waals surface area contributed by atoms with Crippen molar-refractivity contribution in [1.29, 1.82) is 0 Å². The maximum absolute atomic E-state index is 14.4. The van der Waals surface area contributed by atoms with E-state index < -0.39 is 12.1 Å². The molecule has 0 aromatic heterocycles. The topological polar surface area (TPSA) is 73.8 Å². The summed E-state index contributed by atoms with van der Waals surface area (Å²) in [7, 11) is 0. The Kier molecular flexibility index (Phi) is 6.39. The number of morpholine rings is 1. The van der Waals surface area contributed by atoms with Crippen LogP contribution in [0.15, 0.2) is 18.2 Å². The number of nitrogens with zero attached hydrogens (tertiary/aromatic N) is 1. The molecule has 1 saturated heterocycles. The van der Waals surface area contributed by atoms with Gasteiger partial charge in [-0.05, 0) is 38.5 Å². The van der Waals surface area contributed by atoms with Crippen LogP contribution in [0.1, 0.15) is 26.3 Å². The number of ether oxygens (including phenoxy) is 1. The number of amides is 2. The molecular formula is C17H26FN3O3. The summed E-state index contributed by atoms with van der Waals surface area (Å²) >= 11 is 0. The van der Waals surface area contributed by atoms with E-state index in [1.54, 1.807) is 19.1 Å². The molecule has 1 fully saturated rings. The first-order chi connectivity index (χ1) is 11.3. The quantitative estimate of drug-likeness (QED) is 0.762. The van der Waals surface area contributed by atoms with Gasteiger partial charge < -0.3 is 25.4 Å². The Labute approximate surface area is 142 Å². The summed E-state index contributed by atoms with van der Waals surface area (Å²) in [5.41, 5.74) is 1.23. The third kappa shape index (κ3) is 5.35. The molecule has 1 aliphatic rings. The van der Waals surface area contributed by atoms with E-state index in [1.807, 2.05) is 18.7 Å². The minimum absolute atomic E-state index is 0.0621. The van der Waals surface area contributed by atoms with Crippen LogP contribution in [0.3, 0.4) is 0 Å². The molecule has 7 heteroatoms. The largest absolute Gasteiger partial charge is 0.392 e. The summed E-state index contributed by atoms with van der Waals surface area (Å²) in [6, 6.07) is 4.59. The average molecular weight is 339 g/mol. The number of carbonyl (C=O) groups is 1. The van der Waals surface area contributed by atoms with Crippen LogP contribution in [-0.4, -0.2) is 49.1 Å². The van der Waals surface area contributed by atoms with Gasteiger partial charge >= 0.3 is 6.03 Å². The molecule has 0 spiro atoms. The molecule has 134 valence electrons. The second-order valence-electron chi connectivity index (χ2n) is 6.36. The summed E-state index contributed by atoms with van der Waals surface area (Å²) in [5.74, 6) is -0.306. The molecule has 0 bridgehead atoms. The van der Waals surface area contributed by atoms with Crippen molar-refractivity contribution in [3.05, 3.63) is 29.6 Å². The van der Waals surface area contributed by atoms with Gasteiger partial charge in [-0.15, -0.1) is 0 Å². The highest BCUT2D eigenvalue weighted by Gasteiger charge is 2.24. The lowest BCUT2D eigenvalue weighted by Crippen LogP contribution is -2.45. The third-order valence-electron chi connectivity index (χ3n) is 3.78. The number of hydrogen-bond donors (Lipinski definition) is 3. The van der Waals surface area contributed by atoms with Gasteiger partial charge in [-0.2, -0.15) is 0 Å². The van der Waals surface area contributed by atoms with Crippen LogP contribution in [0.25, 0.3) is 0 Å². The number of aliphatic hydroxyl groups is 1. The van der Waals surface area contributed by atoms with Gasteiger partial charge in [0.05, 0.1) is 24.0 Å². The van der Waals surface area contributed by atoms with Crippen LogP contribution in [0, 0.1) is 5.82 Å². The van der Waals surface area contributed by atoms with Crippen molar-refractivity contribution in [2.24, 2.45) is 0 Å². The van der Waals surface area contributed by atoms with Crippen molar-refractivity contribution < 1.29 is 19.0 Å². The van der Waals surface area contributed by atoms with Crippen LogP contribution < -0.4 is 15.5 Å². The standard InChI is InChI=1S/C17H26FN3O3/c1-11(22)7-19-17(23)20-8-14-4-5-16(15(18)6-14)21-9-12(2)24-13(3)10-21/h4-6,11-13,22H,7-10H2,1-3H3,(H2,19,20,23)/t11-,12-,13+/m1/s1. The molecule has 0 aliphatic carbocycles. The van der Waals surface area contributed by atoms with Crippen LogP contribution in [0.2, 0.25) is 0 Å². The number of rotatable bonds is 5. The van der Waals surface area contributed by atoms with E-state index >= 15 is 0 Å². The maximum Gasteiger partial charge on any atom is 0.315 e. The zero-order chi connectivity index (χ0) is 17.7. The Morgan fingerprint density at radius 2 is 2.04 bits per heavy atom. The van der Waals surface area contributed by atoms with Gasteiger partial charge in [-0.25, -0.2) is 9.18 Å². The fraction of sp³-hybridized carbons (Fsp3) is 0.588. The summed E-state index contributed by atoms with van der Waals surface area (Å²) in [6.45, 7) is 7.24. The normalized spacial score (nSPS) is 22.1. The van der Waals surface area contributed by atoms with Gasteiger partial charge in [0.2, 0.25) is 0 Å². The summed E-state index contributed by atoms with van der Waals surface area (Å²) in [6.07, 6.45) is -0.481. The van der Waals surface area contributed by atoms with Crippen LogP contribution in [0.4, 0.5) is 14.9 Å². The van der Waals surface area contributed by atoms with Gasteiger partial charge in [0.25, 0.3) is 0 Å². The summed E-state index contributed by atoms with van der Waals surface area (Å²) in [4.78, 5) is 13.5. The molecule has 1 aromatic carbocycles. The smallest absolute Gasteiger partial charge is 0.315 e. The molecule has 6 nitrogen and oxygen atoms in total. The molecule has 0 unspecified atom stereocenters. The molecule has 2 rings (SSSR count). The number of urea groups is 1. The molecule has 1 aliphatic heterocycles. The molecule has 3 atom stereocenters. The molecule has 0 radical (unpaired) electrons. The molecule has 0 saturated carbocycles. The summed E-state index contributed by atoms with van der Waals surface area (Å²) < 4.78 is 20.1. The van der Waals surface area contributed by atoms with E-state index in [0.717, 1.165) is 0 Å². The fourth-order valence-corrected chi connectivity index (χ4v) is 2.78. The van der Waals surface area contributed by atoms with Gasteiger partial charge in [-0.1, -0.05) is 6.07 Å². The highest BCUT2D eigenvalue weighted by Crippen LogP contribution is 2.24. The molecular weight excluding hydrogens is 313 g/mol. The molecule has 1 aromatic rings. The van der Waals surface area contributed by atoms with Crippen molar-refractivity contribution in [1.82, 2.24) is 10.6 Å². The highest BCUT2D eigenvalue weighted by molar-refractivity contribution is 5.73. The monoisotopic (exact) mass is 339 g/mol. The minimum Gasteiger partial charge on any atom is -0.392 e. The van der Waals surface area contributed by atoms with E-state index in [9.17, 15) is 9.18 Å². The molecule has 2 amide bonds. The van der Waals surface area contributed by atoms with Crippen molar-refractivity contribution in [2.75, 3.05) is 24.5 Å². The zero-order valence-electron chi connectivity index (χ0n) is 14.4. The lowest BCUT2D eigenvalue weighted by Gasteiger charge is -2.37. The van der Waals surface area contributed by atoms with Crippen LogP contribution in [0.5, 0.6) is 0 Å². The Morgan fingerprint density at radius 3 is 2.62 bits per heavy atom. The lowest BCUT2D eigenvalue weighted by molar-refractivity contribution is -0.00539. The SMILES string of the molecule is C[C@@H]1CN(c2ccc(CNC(=O)NC[C@@H](C)O)cc2F)C[C@H](C)O1. The zero-order valence-corrected chi connectivity index (χ0v) is 14.4. The first-order valence-electron chi connectivity index (χ1n) is 8.23. The van der Waals surface area contributed by atoms with Crippen LogP contribution >= 0.6 is 0 Å². The Balaban J connectivity index is 1.93. The predicted molar refractivity (Wildman–Crippen MR) is 90.5 cm³/mol. The Morgan fingerprint density at radius 1 is 1.38 bits per heavy atom. The van der Waals surface area contributed by atoms with E-state index in [0.29, 0.717) is 24.3 Å². The molecule has 1 heterocycles. The fourth-order valence-electron chi connectivity index (χ4n) is 2.78. The number of halogens is 1. The van der Waals surface area contributed by atoms with Crippen molar-refractivity contribution in [3.63, 3.8) is 0 Å². The highest BCUT2D eigenvalue weighted by atomic mass is 19.1. The van der Waals surface area contributed by atoms with E-state index in [4.69, 9.17) is 9.84 Å². The minimum atomic E-state index is -0.606. The van der Waals surface area contributed by atoms with Crippen molar-refractivity contribution >= 4 is 11.7 Å². The number of aliphatic hydroxyl groups excluding tert-OH is 1. The first-order valence-corrected chi connectivity index (χ1v) is 8.23. The Hall–Kier alpha value is -1.86. The number of benzene rings is 1. The maximum atomic E-state index is 14.4. The summed E-state index contributed by atoms with van der Waals surface area (Å²) in [5, 5.41) is 14.3. The van der Waals surface area contributed by atoms with Gasteiger partial charge in [0.1, 0.15) is 5.82 Å². The Bertz CT molecular complexity index is 558. The van der Waals surface area contributed by atoms with E-state index in [2.05, 4.69) is 10.6 Å². The van der Waals surface area contributed by atoms with E-state index in [-0.39, 0.29) is 31.1 Å². The average Bonchev–Trinajstić information content (AvgIpc) is 2.50. The number of nitrogens with one attached hydrogen (secondary N) is 2. The second-order valence-corrected chi connectivity index (χ2v) is 6.36. The lowest BCUT2D eigenvalue weighted by atomic mass is 10.1. The van der Waals surface area contributed by atoms with Gasteiger partial charge in [0, 0.05) is 26.2 Å². The first kappa shape index (κ1) is 18.5. The van der Waals surface area contributed by atoms with Crippen molar-refractivity contribution in [3.8, 4) is 0 Å². The third-order valence-corrected chi connectivity index (χ3v) is 3.78. The number of anilines is 1. The number of hydrogen-bond acceptors (Lipinski definition) is 4.